The van der Waals surface area contributed by atoms with Gasteiger partial charge in [0.05, 0.1) is 4.83 Å². The third-order valence-corrected chi connectivity index (χ3v) is 2.55. The van der Waals surface area contributed by atoms with Crippen molar-refractivity contribution < 1.29 is 18.0 Å². The molecule has 15 heavy (non-hydrogen) atoms. The van der Waals surface area contributed by atoms with E-state index in [1.807, 2.05) is 0 Å². The SMILES string of the molecule is NC(=O)C(Br)Cc1cc(F)cc(F)c1F. The van der Waals surface area contributed by atoms with E-state index in [0.29, 0.717) is 6.07 Å². The van der Waals surface area contributed by atoms with E-state index in [0.717, 1.165) is 6.07 Å². The Morgan fingerprint density at radius 1 is 1.40 bits per heavy atom. The van der Waals surface area contributed by atoms with E-state index in [-0.39, 0.29) is 12.0 Å². The molecule has 0 saturated heterocycles. The number of primary amides is 1. The van der Waals surface area contributed by atoms with Crippen LogP contribution in [0.15, 0.2) is 12.1 Å². The maximum atomic E-state index is 13.1. The largest absolute Gasteiger partial charge is 0.369 e. The average Bonchev–Trinajstić information content (AvgIpc) is 2.13. The molecule has 1 rings (SSSR count). The summed E-state index contributed by atoms with van der Waals surface area (Å²) in [6.45, 7) is 0. The lowest BCUT2D eigenvalue weighted by Gasteiger charge is -2.07. The second kappa shape index (κ2) is 4.65. The Morgan fingerprint density at radius 2 is 2.00 bits per heavy atom. The van der Waals surface area contributed by atoms with Gasteiger partial charge in [0.15, 0.2) is 11.6 Å². The van der Waals surface area contributed by atoms with Crippen LogP contribution in [0.2, 0.25) is 0 Å². The molecule has 6 heteroatoms. The van der Waals surface area contributed by atoms with Crippen molar-refractivity contribution >= 4 is 21.8 Å². The summed E-state index contributed by atoms with van der Waals surface area (Å²) in [6, 6.07) is 1.27. The van der Waals surface area contributed by atoms with Crippen molar-refractivity contribution in [2.75, 3.05) is 0 Å². The minimum Gasteiger partial charge on any atom is -0.369 e. The molecule has 82 valence electrons. The molecule has 1 atom stereocenters. The second-order valence-corrected chi connectivity index (χ2v) is 4.04. The number of hydrogen-bond donors (Lipinski definition) is 1. The van der Waals surface area contributed by atoms with Gasteiger partial charge < -0.3 is 5.73 Å². The van der Waals surface area contributed by atoms with Crippen molar-refractivity contribution in [3.05, 3.63) is 35.1 Å². The van der Waals surface area contributed by atoms with Gasteiger partial charge in [0.25, 0.3) is 0 Å². The Kier molecular flexibility index (Phi) is 3.73. The van der Waals surface area contributed by atoms with Gasteiger partial charge in [-0.05, 0) is 18.1 Å². The Labute approximate surface area is 92.4 Å². The smallest absolute Gasteiger partial charge is 0.231 e. The number of rotatable bonds is 3. The van der Waals surface area contributed by atoms with Gasteiger partial charge in [-0.25, -0.2) is 13.2 Å². The van der Waals surface area contributed by atoms with E-state index < -0.39 is 28.2 Å². The third kappa shape index (κ3) is 2.95. The zero-order valence-corrected chi connectivity index (χ0v) is 9.02. The van der Waals surface area contributed by atoms with Crippen LogP contribution in [0.5, 0.6) is 0 Å². The number of amides is 1. The first kappa shape index (κ1) is 12.0. The number of nitrogens with two attached hydrogens (primary N) is 1. The van der Waals surface area contributed by atoms with Crippen molar-refractivity contribution in [3.63, 3.8) is 0 Å². The molecule has 0 aliphatic heterocycles. The summed E-state index contributed by atoms with van der Waals surface area (Å²) in [6.07, 6.45) is -0.199. The predicted octanol–water partition coefficient (Wildman–Crippen LogP) is 1.90. The maximum absolute atomic E-state index is 13.1. The summed E-state index contributed by atoms with van der Waals surface area (Å²) in [5, 5.41) is 0. The van der Waals surface area contributed by atoms with Crippen molar-refractivity contribution in [2.45, 2.75) is 11.2 Å². The lowest BCUT2D eigenvalue weighted by atomic mass is 10.1. The molecular weight excluding hydrogens is 275 g/mol. The maximum Gasteiger partial charge on any atom is 0.231 e. The Bertz CT molecular complexity index is 397. The third-order valence-electron chi connectivity index (χ3n) is 1.78. The minimum absolute atomic E-state index is 0.199. The molecule has 0 radical (unpaired) electrons. The molecule has 0 fully saturated rings. The lowest BCUT2D eigenvalue weighted by Crippen LogP contribution is -2.25. The Hall–Kier alpha value is -1.04. The molecule has 1 unspecified atom stereocenters. The van der Waals surface area contributed by atoms with Crippen LogP contribution in [0, 0.1) is 17.5 Å². The number of halogens is 4. The van der Waals surface area contributed by atoms with E-state index >= 15 is 0 Å². The average molecular weight is 282 g/mol. The molecule has 2 nitrogen and oxygen atoms in total. The Balaban J connectivity index is 2.99. The van der Waals surface area contributed by atoms with Gasteiger partial charge in [-0.1, -0.05) is 15.9 Å². The van der Waals surface area contributed by atoms with E-state index in [1.165, 1.54) is 0 Å². The van der Waals surface area contributed by atoms with Gasteiger partial charge in [-0.15, -0.1) is 0 Å². The molecule has 1 aromatic carbocycles. The highest BCUT2D eigenvalue weighted by Crippen LogP contribution is 2.18. The highest BCUT2D eigenvalue weighted by Gasteiger charge is 2.17. The number of benzene rings is 1. The van der Waals surface area contributed by atoms with Crippen molar-refractivity contribution in [1.82, 2.24) is 0 Å². The number of carbonyl (C=O) groups excluding carboxylic acids is 1. The minimum atomic E-state index is -1.28. The molecule has 0 heterocycles. The molecule has 0 aromatic heterocycles. The fourth-order valence-electron chi connectivity index (χ4n) is 1.05. The predicted molar refractivity (Wildman–Crippen MR) is 51.9 cm³/mol. The zero-order chi connectivity index (χ0) is 11.6. The van der Waals surface area contributed by atoms with E-state index in [4.69, 9.17) is 5.73 Å². The van der Waals surface area contributed by atoms with Gasteiger partial charge in [0, 0.05) is 6.07 Å². The number of carbonyl (C=O) groups is 1. The van der Waals surface area contributed by atoms with Crippen LogP contribution in [0.4, 0.5) is 13.2 Å². The Morgan fingerprint density at radius 3 is 2.53 bits per heavy atom. The summed E-state index contributed by atoms with van der Waals surface area (Å²) >= 11 is 2.88. The van der Waals surface area contributed by atoms with Crippen LogP contribution < -0.4 is 5.73 Å². The first-order valence-corrected chi connectivity index (χ1v) is 4.90. The van der Waals surface area contributed by atoms with Crippen molar-refractivity contribution in [1.29, 1.82) is 0 Å². The van der Waals surface area contributed by atoms with Crippen LogP contribution in [0.1, 0.15) is 5.56 Å². The summed E-state index contributed by atoms with van der Waals surface area (Å²) in [7, 11) is 0. The quantitative estimate of drug-likeness (QED) is 0.667. The molecule has 0 spiro atoms. The molecule has 0 bridgehead atoms. The molecule has 1 amide bonds. The molecule has 2 N–H and O–H groups in total. The van der Waals surface area contributed by atoms with Gasteiger partial charge in [-0.3, -0.25) is 4.79 Å². The van der Waals surface area contributed by atoms with Crippen molar-refractivity contribution in [3.8, 4) is 0 Å². The fraction of sp³-hybridized carbons (Fsp3) is 0.222. The second-order valence-electron chi connectivity index (χ2n) is 2.93. The first-order valence-electron chi connectivity index (χ1n) is 3.98. The summed E-state index contributed by atoms with van der Waals surface area (Å²) in [5.41, 5.74) is 4.69. The van der Waals surface area contributed by atoms with E-state index in [2.05, 4.69) is 15.9 Å². The van der Waals surface area contributed by atoms with E-state index in [1.54, 1.807) is 0 Å². The summed E-state index contributed by atoms with van der Waals surface area (Å²) in [5.74, 6) is -4.07. The molecule has 1 aromatic rings. The van der Waals surface area contributed by atoms with Crippen LogP contribution >= 0.6 is 15.9 Å². The normalized spacial score (nSPS) is 12.5. The van der Waals surface area contributed by atoms with Crippen LogP contribution in [0.25, 0.3) is 0 Å². The van der Waals surface area contributed by atoms with Gasteiger partial charge in [-0.2, -0.15) is 0 Å². The molecule has 0 saturated carbocycles. The first-order chi connectivity index (χ1) is 6.91. The van der Waals surface area contributed by atoms with Crippen LogP contribution in [-0.2, 0) is 11.2 Å². The van der Waals surface area contributed by atoms with Gasteiger partial charge in [0.2, 0.25) is 5.91 Å². The molecular formula is C9H7BrF3NO. The van der Waals surface area contributed by atoms with Gasteiger partial charge in [0.1, 0.15) is 5.82 Å². The van der Waals surface area contributed by atoms with Crippen LogP contribution in [-0.4, -0.2) is 10.7 Å². The number of alkyl halides is 1. The lowest BCUT2D eigenvalue weighted by molar-refractivity contribution is -0.117. The summed E-state index contributed by atoms with van der Waals surface area (Å²) < 4.78 is 38.6. The van der Waals surface area contributed by atoms with E-state index in [9.17, 15) is 18.0 Å². The van der Waals surface area contributed by atoms with Crippen LogP contribution in [0.3, 0.4) is 0 Å². The molecule has 0 aliphatic rings. The zero-order valence-electron chi connectivity index (χ0n) is 7.44. The summed E-state index contributed by atoms with van der Waals surface area (Å²) in [4.78, 5) is 9.80. The van der Waals surface area contributed by atoms with Gasteiger partial charge >= 0.3 is 0 Å². The molecule has 0 aliphatic carbocycles. The highest BCUT2D eigenvalue weighted by molar-refractivity contribution is 9.10. The van der Waals surface area contributed by atoms with Crippen molar-refractivity contribution in [2.24, 2.45) is 5.73 Å². The fourth-order valence-corrected chi connectivity index (χ4v) is 1.40. The number of hydrogen-bond acceptors (Lipinski definition) is 1. The standard InChI is InChI=1S/C9H7BrF3NO/c10-6(9(14)15)2-4-1-5(11)3-7(12)8(4)13/h1,3,6H,2H2,(H2,14,15). The topological polar surface area (TPSA) is 43.1 Å². The highest BCUT2D eigenvalue weighted by atomic mass is 79.9. The monoisotopic (exact) mass is 281 g/mol.